The highest BCUT2D eigenvalue weighted by atomic mass is 16.6. The molecule has 0 unspecified atom stereocenters. The van der Waals surface area contributed by atoms with E-state index in [9.17, 15) is 9.59 Å². The number of nitrogens with zero attached hydrogens (tertiary/aromatic N) is 3. The number of carbonyl (C=O) groups is 2. The highest BCUT2D eigenvalue weighted by Gasteiger charge is 2.26. The van der Waals surface area contributed by atoms with Crippen LogP contribution >= 0.6 is 0 Å². The first-order chi connectivity index (χ1) is 19.9. The monoisotopic (exact) mass is 551 g/mol. The van der Waals surface area contributed by atoms with E-state index in [1.165, 1.54) is 6.92 Å². The quantitative estimate of drug-likeness (QED) is 0.285. The van der Waals surface area contributed by atoms with Gasteiger partial charge in [0, 0.05) is 42.9 Å². The molecular weight excluding hydrogens is 518 g/mol. The Bertz CT molecular complexity index is 1490. The van der Waals surface area contributed by atoms with Crippen molar-refractivity contribution in [1.29, 1.82) is 0 Å². The first kappa shape index (κ1) is 27.6. The minimum Gasteiger partial charge on any atom is -0.488 e. The van der Waals surface area contributed by atoms with Crippen molar-refractivity contribution in [2.24, 2.45) is 0 Å². The van der Waals surface area contributed by atoms with Crippen molar-refractivity contribution in [3.63, 3.8) is 0 Å². The summed E-state index contributed by atoms with van der Waals surface area (Å²) in [6.45, 7) is 3.20. The SMILES string of the molecule is CC(=O)Nc1ccc(OCc2ccccc2)c(-c2cc(C3CCN(C(=O)OCc4ccccc4)CC3)nc(N)n2)c1. The van der Waals surface area contributed by atoms with Gasteiger partial charge in [0.25, 0.3) is 0 Å². The summed E-state index contributed by atoms with van der Waals surface area (Å²) in [6, 6.07) is 26.9. The third kappa shape index (κ3) is 7.39. The van der Waals surface area contributed by atoms with Crippen LogP contribution in [0.4, 0.5) is 16.4 Å². The molecule has 2 amide bonds. The first-order valence-electron chi connectivity index (χ1n) is 13.6. The number of piperidine rings is 1. The van der Waals surface area contributed by atoms with Crippen LogP contribution < -0.4 is 15.8 Å². The van der Waals surface area contributed by atoms with Crippen molar-refractivity contribution in [3.8, 4) is 17.0 Å². The second-order valence-electron chi connectivity index (χ2n) is 10.0. The number of carbonyl (C=O) groups excluding carboxylic acids is 2. The Balaban J connectivity index is 1.31. The minimum atomic E-state index is -0.315. The van der Waals surface area contributed by atoms with E-state index in [1.54, 1.807) is 11.0 Å². The molecule has 1 aromatic heterocycles. The summed E-state index contributed by atoms with van der Waals surface area (Å²) in [5.41, 5.74) is 10.9. The Morgan fingerprint density at radius 2 is 1.56 bits per heavy atom. The van der Waals surface area contributed by atoms with Crippen LogP contribution in [0.15, 0.2) is 84.9 Å². The second kappa shape index (κ2) is 13.0. The van der Waals surface area contributed by atoms with Gasteiger partial charge in [-0.1, -0.05) is 60.7 Å². The predicted molar refractivity (Wildman–Crippen MR) is 157 cm³/mol. The Kier molecular flexibility index (Phi) is 8.73. The van der Waals surface area contributed by atoms with Crippen LogP contribution in [0.3, 0.4) is 0 Å². The van der Waals surface area contributed by atoms with Gasteiger partial charge in [-0.3, -0.25) is 4.79 Å². The highest BCUT2D eigenvalue weighted by molar-refractivity contribution is 5.90. The summed E-state index contributed by atoms with van der Waals surface area (Å²) in [6.07, 6.45) is 1.13. The third-order valence-electron chi connectivity index (χ3n) is 6.95. The molecule has 3 N–H and O–H groups in total. The fourth-order valence-corrected chi connectivity index (χ4v) is 4.87. The van der Waals surface area contributed by atoms with Gasteiger partial charge < -0.3 is 25.4 Å². The summed E-state index contributed by atoms with van der Waals surface area (Å²) in [4.78, 5) is 35.2. The summed E-state index contributed by atoms with van der Waals surface area (Å²) in [7, 11) is 0. The average Bonchev–Trinajstić information content (AvgIpc) is 2.99. The molecule has 210 valence electrons. The van der Waals surface area contributed by atoms with Crippen LogP contribution in [0, 0.1) is 0 Å². The van der Waals surface area contributed by atoms with Gasteiger partial charge in [0.1, 0.15) is 19.0 Å². The van der Waals surface area contributed by atoms with Crippen LogP contribution in [-0.2, 0) is 22.7 Å². The molecule has 9 heteroatoms. The molecule has 2 heterocycles. The van der Waals surface area contributed by atoms with Gasteiger partial charge in [-0.2, -0.15) is 0 Å². The summed E-state index contributed by atoms with van der Waals surface area (Å²) in [5, 5.41) is 2.83. The van der Waals surface area contributed by atoms with Crippen molar-refractivity contribution in [1.82, 2.24) is 14.9 Å². The lowest BCUT2D eigenvalue weighted by atomic mass is 9.92. The van der Waals surface area contributed by atoms with Crippen molar-refractivity contribution >= 4 is 23.6 Å². The lowest BCUT2D eigenvalue weighted by molar-refractivity contribution is -0.114. The third-order valence-corrected chi connectivity index (χ3v) is 6.95. The van der Waals surface area contributed by atoms with Crippen molar-refractivity contribution < 1.29 is 19.1 Å². The molecule has 0 atom stereocenters. The maximum Gasteiger partial charge on any atom is 0.410 e. The van der Waals surface area contributed by atoms with Gasteiger partial charge in [0.2, 0.25) is 11.9 Å². The maximum atomic E-state index is 12.6. The van der Waals surface area contributed by atoms with Crippen LogP contribution in [0.1, 0.15) is 42.5 Å². The summed E-state index contributed by atoms with van der Waals surface area (Å²) < 4.78 is 11.7. The molecule has 1 aliphatic rings. The number of hydrogen-bond acceptors (Lipinski definition) is 7. The number of hydrogen-bond donors (Lipinski definition) is 2. The standard InChI is InChI=1S/C32H33N5O4/c1-22(38)34-26-12-13-30(40-20-23-8-4-2-5-9-23)27(18-26)29-19-28(35-31(33)36-29)25-14-16-37(17-15-25)32(39)41-21-24-10-6-3-7-11-24/h2-13,18-19,25H,14-17,20-21H2,1H3,(H,34,38)(H2,33,35,36). The van der Waals surface area contributed by atoms with Gasteiger partial charge in [-0.15, -0.1) is 0 Å². The Labute approximate surface area is 239 Å². The van der Waals surface area contributed by atoms with Crippen molar-refractivity contribution in [3.05, 3.63) is 102 Å². The second-order valence-corrected chi connectivity index (χ2v) is 10.0. The highest BCUT2D eigenvalue weighted by Crippen LogP contribution is 2.35. The van der Waals surface area contributed by atoms with Gasteiger partial charge in [-0.25, -0.2) is 14.8 Å². The smallest absolute Gasteiger partial charge is 0.410 e. The van der Waals surface area contributed by atoms with Crippen LogP contribution in [-0.4, -0.2) is 40.0 Å². The van der Waals surface area contributed by atoms with E-state index in [4.69, 9.17) is 15.2 Å². The normalized spacial score (nSPS) is 13.4. The number of rotatable bonds is 8. The molecule has 4 aromatic rings. The maximum absolute atomic E-state index is 12.6. The van der Waals surface area contributed by atoms with E-state index >= 15 is 0 Å². The lowest BCUT2D eigenvalue weighted by Gasteiger charge is -2.31. The minimum absolute atomic E-state index is 0.101. The van der Waals surface area contributed by atoms with Gasteiger partial charge >= 0.3 is 6.09 Å². The molecule has 0 spiro atoms. The van der Waals surface area contributed by atoms with E-state index in [-0.39, 0.29) is 30.5 Å². The number of ether oxygens (including phenoxy) is 2. The fraction of sp³-hybridized carbons (Fsp3) is 0.250. The molecular formula is C32H33N5O4. The zero-order valence-corrected chi connectivity index (χ0v) is 23.0. The van der Waals surface area contributed by atoms with Gasteiger partial charge in [0.05, 0.1) is 5.69 Å². The number of nitrogen functional groups attached to an aromatic ring is 1. The first-order valence-corrected chi connectivity index (χ1v) is 13.6. The summed E-state index contributed by atoms with van der Waals surface area (Å²) in [5.74, 6) is 0.694. The largest absolute Gasteiger partial charge is 0.488 e. The predicted octanol–water partition coefficient (Wildman–Crippen LogP) is 5.78. The van der Waals surface area contributed by atoms with Gasteiger partial charge in [0.15, 0.2) is 0 Å². The Morgan fingerprint density at radius 1 is 0.902 bits per heavy atom. The Hall–Kier alpha value is -4.92. The molecule has 0 bridgehead atoms. The van der Waals surface area contributed by atoms with E-state index in [1.807, 2.05) is 78.9 Å². The van der Waals surface area contributed by atoms with Crippen LogP contribution in [0.2, 0.25) is 0 Å². The van der Waals surface area contributed by atoms with Crippen LogP contribution in [0.5, 0.6) is 5.75 Å². The summed E-state index contributed by atoms with van der Waals surface area (Å²) >= 11 is 0. The molecule has 5 rings (SSSR count). The number of benzene rings is 3. The number of nitrogens with two attached hydrogens (primary N) is 1. The van der Waals surface area contributed by atoms with E-state index in [2.05, 4.69) is 15.3 Å². The molecule has 0 aliphatic carbocycles. The molecule has 0 saturated carbocycles. The number of aromatic nitrogens is 2. The molecule has 41 heavy (non-hydrogen) atoms. The number of nitrogens with one attached hydrogen (secondary N) is 1. The molecule has 1 aliphatic heterocycles. The molecule has 1 fully saturated rings. The molecule has 1 saturated heterocycles. The average molecular weight is 552 g/mol. The topological polar surface area (TPSA) is 120 Å². The molecule has 3 aromatic carbocycles. The number of likely N-dealkylation sites (tertiary alicyclic amines) is 1. The van der Waals surface area contributed by atoms with Gasteiger partial charge in [-0.05, 0) is 48.2 Å². The number of anilines is 2. The molecule has 9 nitrogen and oxygen atoms in total. The fourth-order valence-electron chi connectivity index (χ4n) is 4.87. The Morgan fingerprint density at radius 3 is 2.22 bits per heavy atom. The zero-order chi connectivity index (χ0) is 28.6. The zero-order valence-electron chi connectivity index (χ0n) is 23.0. The van der Waals surface area contributed by atoms with E-state index in [0.29, 0.717) is 42.4 Å². The van der Waals surface area contributed by atoms with Crippen molar-refractivity contribution in [2.75, 3.05) is 24.1 Å². The molecule has 0 radical (unpaired) electrons. The van der Waals surface area contributed by atoms with Crippen LogP contribution in [0.25, 0.3) is 11.3 Å². The van der Waals surface area contributed by atoms with Crippen molar-refractivity contribution in [2.45, 2.75) is 38.9 Å². The van der Waals surface area contributed by atoms with E-state index < -0.39 is 0 Å². The lowest BCUT2D eigenvalue weighted by Crippen LogP contribution is -2.38. The number of amides is 2. The van der Waals surface area contributed by atoms with E-state index in [0.717, 1.165) is 29.7 Å².